The number of rotatable bonds is 0. The molecule has 2 aromatic rings. The minimum atomic E-state index is 0.242. The van der Waals surface area contributed by atoms with Gasteiger partial charge < -0.3 is 0 Å². The van der Waals surface area contributed by atoms with Gasteiger partial charge in [0.05, 0.1) is 0 Å². The van der Waals surface area contributed by atoms with Crippen molar-refractivity contribution in [2.24, 2.45) is 0 Å². The van der Waals surface area contributed by atoms with E-state index in [1.165, 1.54) is 138 Å². The van der Waals surface area contributed by atoms with Crippen molar-refractivity contribution in [2.45, 2.75) is 135 Å². The summed E-state index contributed by atoms with van der Waals surface area (Å²) in [6.07, 6.45) is 25.7. The van der Waals surface area contributed by atoms with Crippen LogP contribution in [0.15, 0.2) is 36.4 Å². The van der Waals surface area contributed by atoms with Gasteiger partial charge in [-0.25, -0.2) is 0 Å². The molecule has 0 aromatic heterocycles. The Kier molecular flexibility index (Phi) is 9.10. The van der Waals surface area contributed by atoms with Gasteiger partial charge in [-0.3, -0.25) is 0 Å². The summed E-state index contributed by atoms with van der Waals surface area (Å²) in [5.41, 5.74) is 9.43. The van der Waals surface area contributed by atoms with E-state index in [0.717, 1.165) is 0 Å². The van der Waals surface area contributed by atoms with Crippen molar-refractivity contribution in [3.63, 3.8) is 0 Å². The highest BCUT2D eigenvalue weighted by Crippen LogP contribution is 2.54. The van der Waals surface area contributed by atoms with Crippen molar-refractivity contribution in [3.8, 4) is 11.1 Å². The molecule has 0 atom stereocenters. The molecule has 1 saturated carbocycles. The molecule has 0 bridgehead atoms. The molecular weight excluding hydrogens is 396 g/mol. The number of aryl methyl sites for hydroxylation is 2. The molecule has 180 valence electrons. The lowest BCUT2D eigenvalue weighted by Gasteiger charge is -2.33. The summed E-state index contributed by atoms with van der Waals surface area (Å²) >= 11 is 0. The Hall–Kier alpha value is -1.56. The molecule has 0 N–H and O–H groups in total. The van der Waals surface area contributed by atoms with Crippen LogP contribution in [0.1, 0.15) is 138 Å². The number of hydrogen-bond donors (Lipinski definition) is 0. The van der Waals surface area contributed by atoms with Crippen LogP contribution in [0.25, 0.3) is 11.1 Å². The van der Waals surface area contributed by atoms with Gasteiger partial charge in [0.2, 0.25) is 0 Å². The molecule has 0 heteroatoms. The second kappa shape index (κ2) is 12.2. The Morgan fingerprint density at radius 2 is 0.727 bits per heavy atom. The molecule has 0 amide bonds. The molecule has 1 fully saturated rings. The first-order valence-electron chi connectivity index (χ1n) is 14.4. The topological polar surface area (TPSA) is 0 Å². The standard InChI is InChI=1S/C33H48/c1-27-19-21-29-30-22-20-28(2)26-32(30)33(31(29)25-27)23-17-15-13-11-9-7-5-3-4-6-8-10-12-14-16-18-24-33/h19-22,25-26H,3-18,23-24H2,1-2H3. The molecule has 0 unspecified atom stereocenters. The van der Waals surface area contributed by atoms with E-state index in [-0.39, 0.29) is 5.41 Å². The smallest absolute Gasteiger partial charge is 0.0215 e. The predicted molar refractivity (Wildman–Crippen MR) is 145 cm³/mol. The van der Waals surface area contributed by atoms with Gasteiger partial charge in [0, 0.05) is 5.41 Å². The van der Waals surface area contributed by atoms with Crippen LogP contribution in [0.3, 0.4) is 0 Å². The van der Waals surface area contributed by atoms with E-state index in [2.05, 4.69) is 50.2 Å². The summed E-state index contributed by atoms with van der Waals surface area (Å²) in [4.78, 5) is 0. The van der Waals surface area contributed by atoms with Crippen molar-refractivity contribution in [1.82, 2.24) is 0 Å². The zero-order valence-electron chi connectivity index (χ0n) is 21.7. The minimum Gasteiger partial charge on any atom is -0.0587 e. The molecule has 0 aliphatic heterocycles. The maximum absolute atomic E-state index is 2.54. The van der Waals surface area contributed by atoms with Crippen LogP contribution in [-0.2, 0) is 5.41 Å². The zero-order valence-corrected chi connectivity index (χ0v) is 21.7. The summed E-state index contributed by atoms with van der Waals surface area (Å²) in [6.45, 7) is 4.57. The summed E-state index contributed by atoms with van der Waals surface area (Å²) in [5, 5.41) is 0. The number of hydrogen-bond acceptors (Lipinski definition) is 0. The fraction of sp³-hybridized carbons (Fsp3) is 0.636. The lowest BCUT2D eigenvalue weighted by molar-refractivity contribution is 0.397. The van der Waals surface area contributed by atoms with E-state index in [9.17, 15) is 0 Å². The predicted octanol–water partition coefficient (Wildman–Crippen LogP) is 10.6. The van der Waals surface area contributed by atoms with E-state index >= 15 is 0 Å². The lowest BCUT2D eigenvalue weighted by atomic mass is 9.70. The Morgan fingerprint density at radius 1 is 0.424 bits per heavy atom. The van der Waals surface area contributed by atoms with Crippen LogP contribution in [0.4, 0.5) is 0 Å². The van der Waals surface area contributed by atoms with Crippen LogP contribution >= 0.6 is 0 Å². The third-order valence-corrected chi connectivity index (χ3v) is 8.63. The minimum absolute atomic E-state index is 0.242. The average molecular weight is 445 g/mol. The summed E-state index contributed by atoms with van der Waals surface area (Å²) < 4.78 is 0. The van der Waals surface area contributed by atoms with Crippen molar-refractivity contribution < 1.29 is 0 Å². The fourth-order valence-electron chi connectivity index (χ4n) is 6.71. The Bertz CT molecular complexity index is 800. The SMILES string of the molecule is Cc1ccc2c(c1)C1(CCCCCCCCCCCCCCCCCC1)c1cc(C)ccc1-2. The highest BCUT2D eigenvalue weighted by atomic mass is 14.4. The number of benzene rings is 2. The van der Waals surface area contributed by atoms with E-state index in [1.807, 2.05) is 0 Å². The van der Waals surface area contributed by atoms with Crippen LogP contribution in [0.2, 0.25) is 0 Å². The second-order valence-corrected chi connectivity index (χ2v) is 11.3. The fourth-order valence-corrected chi connectivity index (χ4v) is 6.71. The molecule has 0 nitrogen and oxygen atoms in total. The van der Waals surface area contributed by atoms with Crippen LogP contribution in [0.5, 0.6) is 0 Å². The van der Waals surface area contributed by atoms with Gasteiger partial charge in [0.1, 0.15) is 0 Å². The maximum Gasteiger partial charge on any atom is 0.0215 e. The Balaban J connectivity index is 1.55. The van der Waals surface area contributed by atoms with Gasteiger partial charge in [0.25, 0.3) is 0 Å². The van der Waals surface area contributed by atoms with E-state index in [1.54, 1.807) is 11.1 Å². The highest BCUT2D eigenvalue weighted by molar-refractivity contribution is 5.81. The van der Waals surface area contributed by atoms with Gasteiger partial charge in [-0.05, 0) is 48.9 Å². The normalized spacial score (nSPS) is 20.9. The molecule has 0 radical (unpaired) electrons. The first-order valence-corrected chi connectivity index (χ1v) is 14.4. The van der Waals surface area contributed by atoms with Crippen LogP contribution in [0, 0.1) is 13.8 Å². The Morgan fingerprint density at radius 3 is 1.06 bits per heavy atom. The van der Waals surface area contributed by atoms with E-state index in [0.29, 0.717) is 0 Å². The molecule has 33 heavy (non-hydrogen) atoms. The zero-order chi connectivity index (χ0) is 22.9. The van der Waals surface area contributed by atoms with Crippen molar-refractivity contribution in [2.75, 3.05) is 0 Å². The van der Waals surface area contributed by atoms with Crippen molar-refractivity contribution in [3.05, 3.63) is 58.7 Å². The van der Waals surface area contributed by atoms with Gasteiger partial charge in [-0.1, -0.05) is 150 Å². The van der Waals surface area contributed by atoms with E-state index < -0.39 is 0 Å². The third kappa shape index (κ3) is 6.12. The van der Waals surface area contributed by atoms with E-state index in [4.69, 9.17) is 0 Å². The highest BCUT2D eigenvalue weighted by Gasteiger charge is 2.42. The summed E-state index contributed by atoms with van der Waals surface area (Å²) in [5.74, 6) is 0. The van der Waals surface area contributed by atoms with Gasteiger partial charge in [-0.15, -0.1) is 0 Å². The second-order valence-electron chi connectivity index (χ2n) is 11.3. The molecular formula is C33H48. The molecule has 0 heterocycles. The van der Waals surface area contributed by atoms with Gasteiger partial charge >= 0.3 is 0 Å². The average Bonchev–Trinajstić information content (AvgIpc) is 3.06. The molecule has 2 aliphatic rings. The van der Waals surface area contributed by atoms with Crippen molar-refractivity contribution in [1.29, 1.82) is 0 Å². The third-order valence-electron chi connectivity index (χ3n) is 8.63. The molecule has 2 aliphatic carbocycles. The first kappa shape index (κ1) is 24.6. The largest absolute Gasteiger partial charge is 0.0587 e. The molecule has 1 spiro atoms. The molecule has 0 saturated heterocycles. The number of fused-ring (bicyclic) bond motifs is 5. The summed E-state index contributed by atoms with van der Waals surface area (Å²) in [6, 6.07) is 14.6. The van der Waals surface area contributed by atoms with Crippen LogP contribution < -0.4 is 0 Å². The lowest BCUT2D eigenvalue weighted by Crippen LogP contribution is -2.25. The first-order chi connectivity index (χ1) is 16.2. The maximum atomic E-state index is 2.54. The Labute approximate surface area is 204 Å². The van der Waals surface area contributed by atoms with Crippen molar-refractivity contribution >= 4 is 0 Å². The monoisotopic (exact) mass is 444 g/mol. The quantitative estimate of drug-likeness (QED) is 0.379. The van der Waals surface area contributed by atoms with Gasteiger partial charge in [-0.2, -0.15) is 0 Å². The molecule has 4 rings (SSSR count). The van der Waals surface area contributed by atoms with Gasteiger partial charge in [0.15, 0.2) is 0 Å². The summed E-state index contributed by atoms with van der Waals surface area (Å²) in [7, 11) is 0. The molecule has 2 aromatic carbocycles. The van der Waals surface area contributed by atoms with Crippen LogP contribution in [-0.4, -0.2) is 0 Å².